The molecule has 2 heterocycles. The fourth-order valence-corrected chi connectivity index (χ4v) is 2.29. The first-order valence-corrected chi connectivity index (χ1v) is 6.43. The van der Waals surface area contributed by atoms with Crippen LogP contribution in [0.5, 0.6) is 0 Å². The molecule has 0 amide bonds. The SMILES string of the molecule is OC[C@H]1OC(O)[C@H](O)[C@@H](O[C@@H]2OC[C@](O)(CO)[C@H]2O)[C@@H]1O. The van der Waals surface area contributed by atoms with Gasteiger partial charge in [0.15, 0.2) is 12.6 Å². The van der Waals surface area contributed by atoms with E-state index in [9.17, 15) is 25.5 Å². The van der Waals surface area contributed by atoms with Crippen molar-refractivity contribution in [1.29, 1.82) is 0 Å². The minimum Gasteiger partial charge on any atom is -0.394 e. The van der Waals surface area contributed by atoms with Gasteiger partial charge in [-0.3, -0.25) is 0 Å². The molecule has 2 saturated heterocycles. The van der Waals surface area contributed by atoms with Crippen LogP contribution < -0.4 is 0 Å². The molecule has 0 radical (unpaired) electrons. The molecule has 0 spiro atoms. The quantitative estimate of drug-likeness (QED) is 0.267. The number of rotatable bonds is 4. The van der Waals surface area contributed by atoms with Gasteiger partial charge in [-0.2, -0.15) is 0 Å². The largest absolute Gasteiger partial charge is 0.394 e. The lowest BCUT2D eigenvalue weighted by atomic mass is 9.98. The van der Waals surface area contributed by atoms with Gasteiger partial charge < -0.3 is 50.0 Å². The summed E-state index contributed by atoms with van der Waals surface area (Å²) in [6, 6.07) is 0. The molecular formula is C11H20O10. The van der Waals surface area contributed by atoms with E-state index in [1.165, 1.54) is 0 Å². The molecule has 2 aliphatic rings. The summed E-state index contributed by atoms with van der Waals surface area (Å²) in [7, 11) is 0. The maximum atomic E-state index is 9.92. The first-order valence-electron chi connectivity index (χ1n) is 6.43. The highest BCUT2D eigenvalue weighted by Gasteiger charge is 2.52. The van der Waals surface area contributed by atoms with Gasteiger partial charge >= 0.3 is 0 Å². The summed E-state index contributed by atoms with van der Waals surface area (Å²) in [5.74, 6) is 0. The zero-order valence-electron chi connectivity index (χ0n) is 11.0. The highest BCUT2D eigenvalue weighted by Crippen LogP contribution is 2.30. The van der Waals surface area contributed by atoms with E-state index >= 15 is 0 Å². The molecule has 0 saturated carbocycles. The average Bonchev–Trinajstić information content (AvgIpc) is 2.76. The second kappa shape index (κ2) is 6.38. The van der Waals surface area contributed by atoms with Gasteiger partial charge in [-0.1, -0.05) is 0 Å². The zero-order valence-corrected chi connectivity index (χ0v) is 11.0. The van der Waals surface area contributed by atoms with Crippen LogP contribution in [0.25, 0.3) is 0 Å². The molecule has 10 nitrogen and oxygen atoms in total. The molecule has 0 bridgehead atoms. The molecule has 0 aromatic rings. The normalized spacial score (nSPS) is 51.3. The van der Waals surface area contributed by atoms with E-state index in [0.717, 1.165) is 0 Å². The topological polar surface area (TPSA) is 169 Å². The summed E-state index contributed by atoms with van der Waals surface area (Å²) < 4.78 is 15.0. The molecule has 2 fully saturated rings. The Labute approximate surface area is 119 Å². The molecule has 124 valence electrons. The van der Waals surface area contributed by atoms with Crippen molar-refractivity contribution in [1.82, 2.24) is 0 Å². The van der Waals surface area contributed by atoms with Crippen LogP contribution in [0.4, 0.5) is 0 Å². The average molecular weight is 312 g/mol. The van der Waals surface area contributed by atoms with Gasteiger partial charge in [-0.25, -0.2) is 0 Å². The van der Waals surface area contributed by atoms with E-state index in [1.54, 1.807) is 0 Å². The molecule has 21 heavy (non-hydrogen) atoms. The van der Waals surface area contributed by atoms with Crippen LogP contribution >= 0.6 is 0 Å². The van der Waals surface area contributed by atoms with Gasteiger partial charge in [-0.15, -0.1) is 0 Å². The number of hydrogen-bond acceptors (Lipinski definition) is 10. The Morgan fingerprint density at radius 3 is 2.29 bits per heavy atom. The highest BCUT2D eigenvalue weighted by atomic mass is 16.7. The van der Waals surface area contributed by atoms with Crippen molar-refractivity contribution >= 4 is 0 Å². The van der Waals surface area contributed by atoms with Crippen molar-refractivity contribution in [2.24, 2.45) is 0 Å². The Hall–Kier alpha value is -0.400. The summed E-state index contributed by atoms with van der Waals surface area (Å²) in [6.45, 7) is -1.80. The first-order chi connectivity index (χ1) is 9.84. The third kappa shape index (κ3) is 3.05. The molecular weight excluding hydrogens is 292 g/mol. The predicted octanol–water partition coefficient (Wildman–Crippen LogP) is -4.76. The van der Waals surface area contributed by atoms with E-state index in [1.807, 2.05) is 0 Å². The van der Waals surface area contributed by atoms with Crippen LogP contribution in [0.3, 0.4) is 0 Å². The zero-order chi connectivity index (χ0) is 15.8. The second-order valence-corrected chi connectivity index (χ2v) is 5.22. The van der Waals surface area contributed by atoms with Crippen LogP contribution in [-0.4, -0.2) is 104 Å². The highest BCUT2D eigenvalue weighted by molar-refractivity contribution is 4.96. The van der Waals surface area contributed by atoms with Crippen molar-refractivity contribution in [3.05, 3.63) is 0 Å². The van der Waals surface area contributed by atoms with Crippen molar-refractivity contribution in [3.8, 4) is 0 Å². The Kier molecular flexibility index (Phi) is 5.15. The van der Waals surface area contributed by atoms with E-state index in [4.69, 9.17) is 24.4 Å². The molecule has 2 aliphatic heterocycles. The lowest BCUT2D eigenvalue weighted by Crippen LogP contribution is -2.61. The number of aliphatic hydroxyl groups excluding tert-OH is 6. The number of hydrogen-bond donors (Lipinski definition) is 7. The fraction of sp³-hybridized carbons (Fsp3) is 1.00. The lowest BCUT2D eigenvalue weighted by molar-refractivity contribution is -0.319. The Morgan fingerprint density at radius 2 is 1.76 bits per heavy atom. The molecule has 0 aromatic heterocycles. The maximum Gasteiger partial charge on any atom is 0.187 e. The van der Waals surface area contributed by atoms with Crippen molar-refractivity contribution in [3.63, 3.8) is 0 Å². The third-order valence-electron chi connectivity index (χ3n) is 3.71. The predicted molar refractivity (Wildman–Crippen MR) is 62.6 cm³/mol. The van der Waals surface area contributed by atoms with Gasteiger partial charge in [0.25, 0.3) is 0 Å². The smallest absolute Gasteiger partial charge is 0.187 e. The minimum absolute atomic E-state index is 0.406. The minimum atomic E-state index is -1.92. The Bertz CT molecular complexity index is 354. The summed E-state index contributed by atoms with van der Waals surface area (Å²) in [5.41, 5.74) is -1.92. The van der Waals surface area contributed by atoms with Crippen LogP contribution in [0.2, 0.25) is 0 Å². The van der Waals surface area contributed by atoms with Gasteiger partial charge in [0.2, 0.25) is 0 Å². The van der Waals surface area contributed by atoms with Crippen molar-refractivity contribution < 1.29 is 50.0 Å². The van der Waals surface area contributed by atoms with Crippen LogP contribution in [0, 0.1) is 0 Å². The first kappa shape index (κ1) is 17.0. The van der Waals surface area contributed by atoms with Crippen molar-refractivity contribution in [2.75, 3.05) is 19.8 Å². The summed E-state index contributed by atoms with van der Waals surface area (Å²) in [4.78, 5) is 0. The van der Waals surface area contributed by atoms with E-state index in [0.29, 0.717) is 0 Å². The molecule has 2 rings (SSSR count). The van der Waals surface area contributed by atoms with Gasteiger partial charge in [-0.05, 0) is 0 Å². The third-order valence-corrected chi connectivity index (χ3v) is 3.71. The monoisotopic (exact) mass is 312 g/mol. The summed E-state index contributed by atoms with van der Waals surface area (Å²) in [6.07, 6.45) is -10.5. The fourth-order valence-electron chi connectivity index (χ4n) is 2.29. The second-order valence-electron chi connectivity index (χ2n) is 5.22. The molecule has 1 unspecified atom stereocenters. The van der Waals surface area contributed by atoms with Gasteiger partial charge in [0, 0.05) is 0 Å². The summed E-state index contributed by atoms with van der Waals surface area (Å²) >= 11 is 0. The molecule has 0 aliphatic carbocycles. The standard InChI is InChI=1S/C11H20O10/c12-1-4-5(14)7(6(15)9(17)20-4)21-10-8(16)11(18,2-13)3-19-10/h4-10,12-18H,1-3H2/t4-,5-,6-,7+,8+,9?,10+,11-/m1/s1. The number of ether oxygens (including phenoxy) is 3. The molecule has 7 N–H and O–H groups in total. The van der Waals surface area contributed by atoms with E-state index < -0.39 is 68.5 Å². The van der Waals surface area contributed by atoms with Crippen molar-refractivity contribution in [2.45, 2.75) is 48.7 Å². The number of aliphatic hydroxyl groups is 7. The Balaban J connectivity index is 2.07. The van der Waals surface area contributed by atoms with Crippen LogP contribution in [0.15, 0.2) is 0 Å². The lowest BCUT2D eigenvalue weighted by Gasteiger charge is -2.41. The maximum absolute atomic E-state index is 9.92. The molecule has 10 heteroatoms. The molecule has 8 atom stereocenters. The Morgan fingerprint density at radius 1 is 1.10 bits per heavy atom. The van der Waals surface area contributed by atoms with Gasteiger partial charge in [0.05, 0.1) is 19.8 Å². The van der Waals surface area contributed by atoms with Gasteiger partial charge in [0.1, 0.15) is 36.1 Å². The van der Waals surface area contributed by atoms with E-state index in [-0.39, 0.29) is 0 Å². The summed E-state index contributed by atoms with van der Waals surface area (Å²) in [5, 5.41) is 66.9. The van der Waals surface area contributed by atoms with Crippen LogP contribution in [0.1, 0.15) is 0 Å². The molecule has 0 aromatic carbocycles. The van der Waals surface area contributed by atoms with Crippen LogP contribution in [-0.2, 0) is 14.2 Å². The van der Waals surface area contributed by atoms with E-state index in [2.05, 4.69) is 0 Å².